The summed E-state index contributed by atoms with van der Waals surface area (Å²) in [5, 5.41) is 4.15. The topological polar surface area (TPSA) is 97.8 Å². The molecule has 2 aromatic rings. The Kier molecular flexibility index (Phi) is 3.68. The number of nitrogens with zero attached hydrogens (tertiary/aromatic N) is 6. The first-order chi connectivity index (χ1) is 10.1. The standard InChI is InChI=1S/C12H18N8S/c1-12(2)8-19(6-7-21-12)10-15-9(18-13)16-11(17-10)20-5-3-4-14-20/h3-5H,6-8,13H2,1-2H3,(H,15,16,17,18). The molecule has 0 amide bonds. The van der Waals surface area contributed by atoms with Gasteiger partial charge in [-0.1, -0.05) is 0 Å². The van der Waals surface area contributed by atoms with Crippen molar-refractivity contribution in [3.63, 3.8) is 0 Å². The van der Waals surface area contributed by atoms with Crippen LogP contribution in [-0.4, -0.2) is 48.3 Å². The lowest BCUT2D eigenvalue weighted by molar-refractivity contribution is 0.631. The third-order valence-electron chi connectivity index (χ3n) is 3.16. The van der Waals surface area contributed by atoms with Gasteiger partial charge in [0.1, 0.15) is 0 Å². The van der Waals surface area contributed by atoms with E-state index in [4.69, 9.17) is 5.84 Å². The maximum Gasteiger partial charge on any atom is 0.257 e. The molecule has 112 valence electrons. The summed E-state index contributed by atoms with van der Waals surface area (Å²) in [4.78, 5) is 15.3. The van der Waals surface area contributed by atoms with Gasteiger partial charge in [-0.25, -0.2) is 10.5 Å². The normalized spacial score (nSPS) is 17.8. The zero-order valence-corrected chi connectivity index (χ0v) is 12.8. The lowest BCUT2D eigenvalue weighted by Crippen LogP contribution is -2.44. The Hall–Kier alpha value is -1.87. The minimum absolute atomic E-state index is 0.174. The van der Waals surface area contributed by atoms with Gasteiger partial charge in [0.05, 0.1) is 0 Å². The third-order valence-corrected chi connectivity index (χ3v) is 4.46. The minimum Gasteiger partial charge on any atom is -0.338 e. The van der Waals surface area contributed by atoms with Crippen LogP contribution < -0.4 is 16.2 Å². The van der Waals surface area contributed by atoms with Gasteiger partial charge in [0, 0.05) is 36.0 Å². The van der Waals surface area contributed by atoms with Crippen molar-refractivity contribution >= 4 is 23.7 Å². The van der Waals surface area contributed by atoms with Crippen molar-refractivity contribution < 1.29 is 0 Å². The second-order valence-electron chi connectivity index (χ2n) is 5.38. The summed E-state index contributed by atoms with van der Waals surface area (Å²) >= 11 is 1.96. The molecule has 0 aromatic carbocycles. The molecule has 0 atom stereocenters. The van der Waals surface area contributed by atoms with Gasteiger partial charge in [0.15, 0.2) is 0 Å². The summed E-state index contributed by atoms with van der Waals surface area (Å²) in [5.41, 5.74) is 2.49. The van der Waals surface area contributed by atoms with Crippen LogP contribution in [0.2, 0.25) is 0 Å². The predicted molar refractivity (Wildman–Crippen MR) is 83.5 cm³/mol. The lowest BCUT2D eigenvalue weighted by atomic mass is 10.2. The first-order valence-electron chi connectivity index (χ1n) is 6.69. The van der Waals surface area contributed by atoms with Gasteiger partial charge in [-0.2, -0.15) is 31.8 Å². The first-order valence-corrected chi connectivity index (χ1v) is 7.68. The number of nitrogens with one attached hydrogen (secondary N) is 1. The second-order valence-corrected chi connectivity index (χ2v) is 7.19. The highest BCUT2D eigenvalue weighted by atomic mass is 32.2. The summed E-state index contributed by atoms with van der Waals surface area (Å²) < 4.78 is 1.77. The molecule has 0 unspecified atom stereocenters. The molecular formula is C12H18N8S. The largest absolute Gasteiger partial charge is 0.338 e. The third kappa shape index (κ3) is 3.08. The SMILES string of the molecule is CC1(C)CN(c2nc(NN)nc(-n3cccn3)n2)CCS1. The fraction of sp³-hybridized carbons (Fsp3) is 0.500. The van der Waals surface area contributed by atoms with Crippen LogP contribution in [-0.2, 0) is 0 Å². The summed E-state index contributed by atoms with van der Waals surface area (Å²) in [6, 6.07) is 1.82. The molecule has 3 N–H and O–H groups in total. The quantitative estimate of drug-likeness (QED) is 0.631. The zero-order valence-electron chi connectivity index (χ0n) is 12.0. The summed E-state index contributed by atoms with van der Waals surface area (Å²) in [6.45, 7) is 6.23. The fourth-order valence-corrected chi connectivity index (χ4v) is 3.35. The van der Waals surface area contributed by atoms with Crippen LogP contribution in [0.4, 0.5) is 11.9 Å². The van der Waals surface area contributed by atoms with Crippen molar-refractivity contribution in [3.8, 4) is 5.95 Å². The van der Waals surface area contributed by atoms with E-state index in [1.54, 1.807) is 17.1 Å². The van der Waals surface area contributed by atoms with Gasteiger partial charge >= 0.3 is 0 Å². The van der Waals surface area contributed by atoms with E-state index in [0.717, 1.165) is 18.8 Å². The smallest absolute Gasteiger partial charge is 0.257 e. The molecule has 0 bridgehead atoms. The lowest BCUT2D eigenvalue weighted by Gasteiger charge is -2.37. The number of nitrogen functional groups attached to an aromatic ring is 1. The van der Waals surface area contributed by atoms with Crippen molar-refractivity contribution in [1.29, 1.82) is 0 Å². The molecular weight excluding hydrogens is 288 g/mol. The number of nitrogens with two attached hydrogens (primary N) is 1. The highest BCUT2D eigenvalue weighted by Crippen LogP contribution is 2.31. The fourth-order valence-electron chi connectivity index (χ4n) is 2.24. The van der Waals surface area contributed by atoms with Crippen LogP contribution in [0.5, 0.6) is 0 Å². The van der Waals surface area contributed by atoms with Gasteiger partial charge in [-0.05, 0) is 19.9 Å². The summed E-state index contributed by atoms with van der Waals surface area (Å²) in [7, 11) is 0. The average molecular weight is 306 g/mol. The molecule has 1 saturated heterocycles. The zero-order chi connectivity index (χ0) is 14.9. The maximum absolute atomic E-state index is 5.47. The number of hydrogen-bond donors (Lipinski definition) is 2. The number of aromatic nitrogens is 5. The van der Waals surface area contributed by atoms with Gasteiger partial charge < -0.3 is 4.90 Å². The Bertz CT molecular complexity index is 612. The molecule has 9 heteroatoms. The summed E-state index contributed by atoms with van der Waals surface area (Å²) in [6.07, 6.45) is 3.47. The number of hydrazine groups is 1. The molecule has 3 rings (SSSR count). The van der Waals surface area contributed by atoms with E-state index in [1.165, 1.54) is 0 Å². The Labute approximate surface area is 127 Å². The Balaban J connectivity index is 1.96. The predicted octanol–water partition coefficient (Wildman–Crippen LogP) is 0.675. The molecule has 0 saturated carbocycles. The molecule has 8 nitrogen and oxygen atoms in total. The van der Waals surface area contributed by atoms with E-state index in [9.17, 15) is 0 Å². The first kappa shape index (κ1) is 14.1. The van der Waals surface area contributed by atoms with Crippen molar-refractivity contribution in [2.24, 2.45) is 5.84 Å². The van der Waals surface area contributed by atoms with E-state index in [1.807, 2.05) is 17.8 Å². The number of rotatable bonds is 3. The summed E-state index contributed by atoms with van der Waals surface area (Å²) in [5.74, 6) is 7.92. The van der Waals surface area contributed by atoms with E-state index < -0.39 is 0 Å². The maximum atomic E-state index is 5.47. The Morgan fingerprint density at radius 1 is 1.29 bits per heavy atom. The van der Waals surface area contributed by atoms with Crippen LogP contribution in [0.1, 0.15) is 13.8 Å². The van der Waals surface area contributed by atoms with Crippen molar-refractivity contribution in [3.05, 3.63) is 18.5 Å². The van der Waals surface area contributed by atoms with Crippen LogP contribution in [0.3, 0.4) is 0 Å². The number of anilines is 2. The minimum atomic E-state index is 0.174. The van der Waals surface area contributed by atoms with Crippen molar-refractivity contribution in [2.45, 2.75) is 18.6 Å². The molecule has 3 heterocycles. The Morgan fingerprint density at radius 2 is 2.10 bits per heavy atom. The van der Waals surface area contributed by atoms with E-state index >= 15 is 0 Å². The van der Waals surface area contributed by atoms with Crippen molar-refractivity contribution in [2.75, 3.05) is 29.2 Å². The number of hydrogen-bond acceptors (Lipinski definition) is 8. The van der Waals surface area contributed by atoms with E-state index in [-0.39, 0.29) is 4.75 Å². The van der Waals surface area contributed by atoms with Gasteiger partial charge in [-0.15, -0.1) is 0 Å². The van der Waals surface area contributed by atoms with Gasteiger partial charge in [-0.3, -0.25) is 5.43 Å². The van der Waals surface area contributed by atoms with E-state index in [0.29, 0.717) is 17.8 Å². The highest BCUT2D eigenvalue weighted by Gasteiger charge is 2.29. The molecule has 0 radical (unpaired) electrons. The highest BCUT2D eigenvalue weighted by molar-refractivity contribution is 8.00. The van der Waals surface area contributed by atoms with Crippen LogP contribution >= 0.6 is 11.8 Å². The van der Waals surface area contributed by atoms with Crippen LogP contribution in [0.15, 0.2) is 18.5 Å². The second kappa shape index (κ2) is 5.49. The van der Waals surface area contributed by atoms with Crippen molar-refractivity contribution in [1.82, 2.24) is 24.7 Å². The molecule has 1 fully saturated rings. The van der Waals surface area contributed by atoms with Crippen LogP contribution in [0, 0.1) is 0 Å². The number of thioether (sulfide) groups is 1. The monoisotopic (exact) mass is 306 g/mol. The Morgan fingerprint density at radius 3 is 2.76 bits per heavy atom. The molecule has 2 aromatic heterocycles. The average Bonchev–Trinajstić information content (AvgIpc) is 3.00. The molecule has 21 heavy (non-hydrogen) atoms. The van der Waals surface area contributed by atoms with Gasteiger partial charge in [0.2, 0.25) is 11.9 Å². The van der Waals surface area contributed by atoms with E-state index in [2.05, 4.69) is 44.2 Å². The van der Waals surface area contributed by atoms with Gasteiger partial charge in [0.25, 0.3) is 5.95 Å². The van der Waals surface area contributed by atoms with Crippen LogP contribution in [0.25, 0.3) is 5.95 Å². The molecule has 1 aliphatic rings. The molecule has 0 aliphatic carbocycles. The molecule has 0 spiro atoms. The molecule has 1 aliphatic heterocycles.